The van der Waals surface area contributed by atoms with Crippen molar-refractivity contribution in [1.29, 1.82) is 0 Å². The van der Waals surface area contributed by atoms with Crippen LogP contribution in [0.15, 0.2) is 41.0 Å². The Morgan fingerprint density at radius 1 is 1.31 bits per heavy atom. The molecule has 29 heavy (non-hydrogen) atoms. The molecule has 2 atom stereocenters. The smallest absolute Gasteiger partial charge is 0.416 e. The number of hydrogen-bond acceptors (Lipinski definition) is 4. The zero-order valence-corrected chi connectivity index (χ0v) is 17.5. The van der Waals surface area contributed by atoms with Gasteiger partial charge in [-0.1, -0.05) is 6.92 Å². The lowest BCUT2D eigenvalue weighted by atomic mass is 9.88. The highest BCUT2D eigenvalue weighted by atomic mass is 79.9. The summed E-state index contributed by atoms with van der Waals surface area (Å²) in [6.07, 6.45) is -2.36. The summed E-state index contributed by atoms with van der Waals surface area (Å²) in [6, 6.07) is 6.34. The molecule has 2 heterocycles. The Bertz CT molecular complexity index is 874. The van der Waals surface area contributed by atoms with Gasteiger partial charge in [-0.3, -0.25) is 4.90 Å². The van der Waals surface area contributed by atoms with E-state index in [2.05, 4.69) is 26.2 Å². The molecule has 0 aliphatic carbocycles. The van der Waals surface area contributed by atoms with Gasteiger partial charge in [0.25, 0.3) is 0 Å². The van der Waals surface area contributed by atoms with E-state index >= 15 is 0 Å². The van der Waals surface area contributed by atoms with Gasteiger partial charge in [0.2, 0.25) is 0 Å². The first-order valence-corrected chi connectivity index (χ1v) is 10.1. The molecule has 1 aromatic heterocycles. The molecule has 156 valence electrons. The third-order valence-electron chi connectivity index (χ3n) is 4.85. The summed E-state index contributed by atoms with van der Waals surface area (Å²) >= 11 is 3.31. The Hall–Kier alpha value is -2.29. The number of fused-ring (bicyclic) bond motifs is 1. The molecule has 0 saturated carbocycles. The summed E-state index contributed by atoms with van der Waals surface area (Å²) < 4.78 is 46.0. The normalized spacial score (nSPS) is 18.9. The molecule has 0 unspecified atom stereocenters. The van der Waals surface area contributed by atoms with Crippen molar-refractivity contribution in [1.82, 2.24) is 4.98 Å². The van der Waals surface area contributed by atoms with Crippen molar-refractivity contribution in [3.05, 3.63) is 52.1 Å². The molecule has 5 nitrogen and oxygen atoms in total. The number of aromatic nitrogens is 1. The van der Waals surface area contributed by atoms with Gasteiger partial charge in [0, 0.05) is 16.7 Å². The maximum Gasteiger partial charge on any atom is 0.416 e. The van der Waals surface area contributed by atoms with Crippen LogP contribution in [0.3, 0.4) is 0 Å². The number of amides is 1. The number of nitrogens with zero attached hydrogens (tertiary/aromatic N) is 2. The lowest BCUT2D eigenvalue weighted by Gasteiger charge is -2.40. The highest BCUT2D eigenvalue weighted by Gasteiger charge is 2.39. The highest BCUT2D eigenvalue weighted by Crippen LogP contribution is 2.43. The van der Waals surface area contributed by atoms with E-state index in [4.69, 9.17) is 4.74 Å². The number of hydrogen-bond donors (Lipinski definition) is 1. The molecule has 0 radical (unpaired) electrons. The van der Waals surface area contributed by atoms with Crippen molar-refractivity contribution < 1.29 is 22.7 Å². The van der Waals surface area contributed by atoms with E-state index < -0.39 is 23.9 Å². The number of nitrogens with one attached hydrogen (secondary N) is 1. The number of pyridine rings is 1. The zero-order chi connectivity index (χ0) is 21.2. The van der Waals surface area contributed by atoms with Crippen LogP contribution in [0, 0.1) is 0 Å². The lowest BCUT2D eigenvalue weighted by Crippen LogP contribution is -2.46. The summed E-state index contributed by atoms with van der Waals surface area (Å²) in [5.74, 6) is 0.543. The minimum Gasteiger partial charge on any atom is -0.449 e. The van der Waals surface area contributed by atoms with E-state index in [1.807, 2.05) is 6.92 Å². The first kappa shape index (κ1) is 21.4. The van der Waals surface area contributed by atoms with E-state index in [1.165, 1.54) is 11.0 Å². The first-order chi connectivity index (χ1) is 13.7. The zero-order valence-electron chi connectivity index (χ0n) is 16.0. The molecule has 0 bridgehead atoms. The Morgan fingerprint density at radius 3 is 2.66 bits per heavy atom. The molecule has 0 spiro atoms. The number of carbonyl (C=O) groups is 1. The van der Waals surface area contributed by atoms with Gasteiger partial charge >= 0.3 is 12.3 Å². The predicted molar refractivity (Wildman–Crippen MR) is 108 cm³/mol. The van der Waals surface area contributed by atoms with Crippen LogP contribution < -0.4 is 10.2 Å². The number of ether oxygens (including phenoxy) is 1. The van der Waals surface area contributed by atoms with E-state index in [0.717, 1.165) is 16.6 Å². The van der Waals surface area contributed by atoms with Crippen LogP contribution in [0.2, 0.25) is 0 Å². The summed E-state index contributed by atoms with van der Waals surface area (Å²) in [5, 5.41) is 3.22. The van der Waals surface area contributed by atoms with E-state index in [9.17, 15) is 18.0 Å². The van der Waals surface area contributed by atoms with Gasteiger partial charge in [0.1, 0.15) is 5.82 Å². The molecule has 3 rings (SSSR count). The van der Waals surface area contributed by atoms with E-state index in [0.29, 0.717) is 29.9 Å². The molecular formula is C20H21BrF3N3O2. The van der Waals surface area contributed by atoms with Crippen LogP contribution in [0.5, 0.6) is 0 Å². The quantitative estimate of drug-likeness (QED) is 0.579. The maximum absolute atomic E-state index is 13.3. The van der Waals surface area contributed by atoms with Crippen LogP contribution in [-0.4, -0.2) is 23.7 Å². The highest BCUT2D eigenvalue weighted by molar-refractivity contribution is 9.10. The predicted octanol–water partition coefficient (Wildman–Crippen LogP) is 6.16. The van der Waals surface area contributed by atoms with Crippen molar-refractivity contribution in [2.24, 2.45) is 0 Å². The van der Waals surface area contributed by atoms with E-state index in [-0.39, 0.29) is 12.6 Å². The Morgan fingerprint density at radius 2 is 2.07 bits per heavy atom. The second-order valence-corrected chi connectivity index (χ2v) is 7.61. The van der Waals surface area contributed by atoms with Gasteiger partial charge in [0.15, 0.2) is 0 Å². The molecule has 1 aliphatic heterocycles. The van der Waals surface area contributed by atoms with Gasteiger partial charge < -0.3 is 10.1 Å². The average molecular weight is 472 g/mol. The summed E-state index contributed by atoms with van der Waals surface area (Å²) in [7, 11) is 0. The average Bonchev–Trinajstić information content (AvgIpc) is 2.68. The fourth-order valence-corrected chi connectivity index (χ4v) is 3.73. The molecular weight excluding hydrogens is 451 g/mol. The van der Waals surface area contributed by atoms with Crippen LogP contribution in [-0.2, 0) is 10.9 Å². The second kappa shape index (κ2) is 8.61. The molecule has 9 heteroatoms. The summed E-state index contributed by atoms with van der Waals surface area (Å²) in [6.45, 7) is 3.81. The minimum absolute atomic E-state index is 0.187. The maximum atomic E-state index is 13.3. The van der Waals surface area contributed by atoms with Crippen LogP contribution in [0.1, 0.15) is 43.9 Å². The van der Waals surface area contributed by atoms with Crippen molar-refractivity contribution in [3.8, 4) is 0 Å². The molecule has 1 aromatic carbocycles. The minimum atomic E-state index is -4.48. The van der Waals surface area contributed by atoms with Crippen molar-refractivity contribution in [2.45, 2.75) is 44.9 Å². The Labute approximate surface area is 175 Å². The second-order valence-electron chi connectivity index (χ2n) is 6.70. The Balaban J connectivity index is 2.06. The van der Waals surface area contributed by atoms with Gasteiger partial charge in [-0.05, 0) is 71.6 Å². The summed E-state index contributed by atoms with van der Waals surface area (Å²) in [5.41, 5.74) is 0.0528. The molecule has 1 aliphatic rings. The standard InChI is InChI=1S/C20H21BrF3N3O2/c1-3-14-10-16(26-18-8-6-13(21)11-25-18)15-9-12(20(22,23)24)5-7-17(15)27(14)19(28)29-4-2/h5-9,11,14,16H,3-4,10H2,1-2H3,(H,25,26)/t14-,16+/m1/s1. The van der Waals surface area contributed by atoms with Gasteiger partial charge in [-0.25, -0.2) is 9.78 Å². The molecule has 1 amide bonds. The van der Waals surface area contributed by atoms with Crippen molar-refractivity contribution >= 4 is 33.5 Å². The van der Waals surface area contributed by atoms with Crippen molar-refractivity contribution in [2.75, 3.05) is 16.8 Å². The molecule has 0 fully saturated rings. The lowest BCUT2D eigenvalue weighted by molar-refractivity contribution is -0.137. The third-order valence-corrected chi connectivity index (χ3v) is 5.32. The fourth-order valence-electron chi connectivity index (χ4n) is 3.50. The molecule has 1 N–H and O–H groups in total. The number of benzene rings is 1. The number of rotatable bonds is 4. The van der Waals surface area contributed by atoms with Gasteiger partial charge in [-0.2, -0.15) is 13.2 Å². The topological polar surface area (TPSA) is 54.5 Å². The summed E-state index contributed by atoms with van der Waals surface area (Å²) in [4.78, 5) is 18.3. The SMILES string of the molecule is CCOC(=O)N1c2ccc(C(F)(F)F)cc2[C@@H](Nc2ccc(Br)cn2)C[C@H]1CC. The first-order valence-electron chi connectivity index (χ1n) is 9.29. The third kappa shape index (κ3) is 4.66. The van der Waals surface area contributed by atoms with Gasteiger partial charge in [-0.15, -0.1) is 0 Å². The molecule has 2 aromatic rings. The van der Waals surface area contributed by atoms with Crippen LogP contribution in [0.25, 0.3) is 0 Å². The van der Waals surface area contributed by atoms with Crippen molar-refractivity contribution in [3.63, 3.8) is 0 Å². The Kier molecular flexibility index (Phi) is 6.36. The monoisotopic (exact) mass is 471 g/mol. The number of carbonyl (C=O) groups excluding carboxylic acids is 1. The number of anilines is 2. The van der Waals surface area contributed by atoms with Crippen LogP contribution >= 0.6 is 15.9 Å². The van der Waals surface area contributed by atoms with Crippen LogP contribution in [0.4, 0.5) is 29.5 Å². The number of alkyl halides is 3. The fraction of sp³-hybridized carbons (Fsp3) is 0.400. The number of halogens is 4. The molecule has 0 saturated heterocycles. The largest absolute Gasteiger partial charge is 0.449 e. The van der Waals surface area contributed by atoms with E-state index in [1.54, 1.807) is 25.3 Å². The van der Waals surface area contributed by atoms with Gasteiger partial charge in [0.05, 0.1) is 23.9 Å².